The highest BCUT2D eigenvalue weighted by atomic mass is 32.1. The molecule has 0 bridgehead atoms. The van der Waals surface area contributed by atoms with E-state index in [1.54, 1.807) is 11.3 Å². The maximum absolute atomic E-state index is 4.66. The Labute approximate surface area is 195 Å². The molecule has 0 spiro atoms. The average molecular weight is 450 g/mol. The predicted octanol–water partition coefficient (Wildman–Crippen LogP) is 7.32. The Balaban J connectivity index is 1.45. The quantitative estimate of drug-likeness (QED) is 0.258. The molecule has 6 rings (SSSR count). The standard InChI is InChI=1S/C27H23N5S/c1-16(2)29-20-10-19(13-28-14-20)17-6-7-25-23(11-17)27(32-31-25)26-12-22-21(18-8-9-33-15-18)4-3-5-24(22)30-26/h3-16,29-30H,1-2H3,(H,31,32). The fourth-order valence-corrected chi connectivity index (χ4v) is 5.02. The van der Waals surface area contributed by atoms with Gasteiger partial charge >= 0.3 is 0 Å². The van der Waals surface area contributed by atoms with Gasteiger partial charge in [0.25, 0.3) is 0 Å². The lowest BCUT2D eigenvalue weighted by atomic mass is 10.0. The number of rotatable bonds is 5. The highest BCUT2D eigenvalue weighted by molar-refractivity contribution is 7.08. The summed E-state index contributed by atoms with van der Waals surface area (Å²) in [5.41, 5.74) is 9.73. The molecule has 0 unspecified atom stereocenters. The molecule has 0 saturated heterocycles. The van der Waals surface area contributed by atoms with E-state index in [9.17, 15) is 0 Å². The van der Waals surface area contributed by atoms with Gasteiger partial charge in [-0.05, 0) is 77.7 Å². The van der Waals surface area contributed by atoms with Crippen molar-refractivity contribution in [1.82, 2.24) is 20.2 Å². The Morgan fingerprint density at radius 2 is 1.82 bits per heavy atom. The number of thiophene rings is 1. The van der Waals surface area contributed by atoms with Gasteiger partial charge in [0.05, 0.1) is 16.9 Å². The minimum atomic E-state index is 0.353. The van der Waals surface area contributed by atoms with E-state index >= 15 is 0 Å². The Morgan fingerprint density at radius 3 is 2.67 bits per heavy atom. The second-order valence-corrected chi connectivity index (χ2v) is 9.34. The van der Waals surface area contributed by atoms with Crippen LogP contribution in [0.15, 0.2) is 77.8 Å². The lowest BCUT2D eigenvalue weighted by molar-refractivity contribution is 0.898. The van der Waals surface area contributed by atoms with Crippen LogP contribution in [-0.2, 0) is 0 Å². The molecule has 4 aromatic heterocycles. The summed E-state index contributed by atoms with van der Waals surface area (Å²) in [6, 6.07) is 19.6. The molecule has 162 valence electrons. The zero-order chi connectivity index (χ0) is 22.4. The number of fused-ring (bicyclic) bond motifs is 2. The van der Waals surface area contributed by atoms with Crippen LogP contribution < -0.4 is 5.32 Å². The molecular weight excluding hydrogens is 426 g/mol. The molecule has 0 aliphatic rings. The van der Waals surface area contributed by atoms with Crippen molar-refractivity contribution in [3.05, 3.63) is 77.8 Å². The van der Waals surface area contributed by atoms with Gasteiger partial charge in [0.2, 0.25) is 0 Å². The van der Waals surface area contributed by atoms with E-state index < -0.39 is 0 Å². The van der Waals surface area contributed by atoms with E-state index in [-0.39, 0.29) is 0 Å². The fraction of sp³-hybridized carbons (Fsp3) is 0.111. The zero-order valence-corrected chi connectivity index (χ0v) is 19.2. The third-order valence-electron chi connectivity index (χ3n) is 5.84. The molecule has 6 heteroatoms. The first-order valence-electron chi connectivity index (χ1n) is 11.0. The molecule has 5 nitrogen and oxygen atoms in total. The minimum Gasteiger partial charge on any atom is -0.382 e. The van der Waals surface area contributed by atoms with Crippen LogP contribution in [0.25, 0.3) is 55.4 Å². The van der Waals surface area contributed by atoms with Crippen molar-refractivity contribution in [1.29, 1.82) is 0 Å². The maximum atomic E-state index is 4.66. The second-order valence-electron chi connectivity index (χ2n) is 8.56. The molecular formula is C27H23N5S. The van der Waals surface area contributed by atoms with E-state index in [1.807, 2.05) is 12.4 Å². The van der Waals surface area contributed by atoms with Crippen molar-refractivity contribution < 1.29 is 0 Å². The average Bonchev–Trinajstić information content (AvgIpc) is 3.57. The van der Waals surface area contributed by atoms with Crippen LogP contribution in [0.2, 0.25) is 0 Å². The van der Waals surface area contributed by atoms with Crippen molar-refractivity contribution in [2.45, 2.75) is 19.9 Å². The molecule has 0 atom stereocenters. The Kier molecular flexibility index (Phi) is 4.73. The number of anilines is 1. The molecule has 0 saturated carbocycles. The van der Waals surface area contributed by atoms with Crippen LogP contribution in [0.1, 0.15) is 13.8 Å². The first-order chi connectivity index (χ1) is 16.2. The van der Waals surface area contributed by atoms with E-state index in [1.165, 1.54) is 16.5 Å². The zero-order valence-electron chi connectivity index (χ0n) is 18.4. The van der Waals surface area contributed by atoms with E-state index in [0.717, 1.165) is 44.6 Å². The Bertz CT molecular complexity index is 1570. The summed E-state index contributed by atoms with van der Waals surface area (Å²) < 4.78 is 0. The van der Waals surface area contributed by atoms with Crippen LogP contribution in [0.4, 0.5) is 5.69 Å². The molecule has 33 heavy (non-hydrogen) atoms. The monoisotopic (exact) mass is 449 g/mol. The minimum absolute atomic E-state index is 0.353. The number of hydrogen-bond acceptors (Lipinski definition) is 4. The smallest absolute Gasteiger partial charge is 0.116 e. The molecule has 4 heterocycles. The van der Waals surface area contributed by atoms with Gasteiger partial charge in [-0.2, -0.15) is 16.4 Å². The summed E-state index contributed by atoms with van der Waals surface area (Å²) in [6.07, 6.45) is 3.77. The van der Waals surface area contributed by atoms with E-state index in [4.69, 9.17) is 0 Å². The molecule has 6 aromatic rings. The molecule has 0 fully saturated rings. The first kappa shape index (κ1) is 19.8. The number of H-pyrrole nitrogens is 2. The van der Waals surface area contributed by atoms with Crippen LogP contribution in [0.3, 0.4) is 0 Å². The lowest BCUT2D eigenvalue weighted by Crippen LogP contribution is -2.09. The number of pyridine rings is 1. The van der Waals surface area contributed by atoms with Gasteiger partial charge in [-0.3, -0.25) is 10.1 Å². The summed E-state index contributed by atoms with van der Waals surface area (Å²) in [5, 5.41) is 17.9. The predicted molar refractivity (Wildman–Crippen MR) is 139 cm³/mol. The fourth-order valence-electron chi connectivity index (χ4n) is 4.36. The second kappa shape index (κ2) is 7.90. The van der Waals surface area contributed by atoms with Crippen molar-refractivity contribution in [3.63, 3.8) is 0 Å². The SMILES string of the molecule is CC(C)Nc1cncc(-c2ccc3[nH]nc(-c4cc5c(-c6ccsc6)cccc5[nH]4)c3c2)c1. The van der Waals surface area contributed by atoms with Gasteiger partial charge in [0.1, 0.15) is 5.69 Å². The summed E-state index contributed by atoms with van der Waals surface area (Å²) in [6.45, 7) is 4.25. The highest BCUT2D eigenvalue weighted by Crippen LogP contribution is 2.36. The lowest BCUT2D eigenvalue weighted by Gasteiger charge is -2.11. The third-order valence-corrected chi connectivity index (χ3v) is 6.52. The van der Waals surface area contributed by atoms with Gasteiger partial charge in [0.15, 0.2) is 0 Å². The molecule has 0 amide bonds. The van der Waals surface area contributed by atoms with Crippen LogP contribution in [-0.4, -0.2) is 26.2 Å². The van der Waals surface area contributed by atoms with Gasteiger partial charge in [-0.25, -0.2) is 0 Å². The molecule has 0 radical (unpaired) electrons. The maximum Gasteiger partial charge on any atom is 0.116 e. The molecule has 2 aromatic carbocycles. The number of aromatic amines is 2. The number of benzene rings is 2. The van der Waals surface area contributed by atoms with E-state index in [2.05, 4.69) is 105 Å². The van der Waals surface area contributed by atoms with Gasteiger partial charge in [0, 0.05) is 40.3 Å². The Hall–Kier alpha value is -3.90. The van der Waals surface area contributed by atoms with Crippen molar-refractivity contribution in [2.75, 3.05) is 5.32 Å². The number of hydrogen-bond donors (Lipinski definition) is 3. The summed E-state index contributed by atoms with van der Waals surface area (Å²) in [4.78, 5) is 8.01. The van der Waals surface area contributed by atoms with E-state index in [0.29, 0.717) is 6.04 Å². The van der Waals surface area contributed by atoms with Crippen LogP contribution >= 0.6 is 11.3 Å². The number of aromatic nitrogens is 4. The van der Waals surface area contributed by atoms with Gasteiger partial charge in [-0.1, -0.05) is 18.2 Å². The summed E-state index contributed by atoms with van der Waals surface area (Å²) >= 11 is 1.72. The third kappa shape index (κ3) is 3.58. The van der Waals surface area contributed by atoms with Crippen molar-refractivity contribution >= 4 is 38.8 Å². The van der Waals surface area contributed by atoms with Crippen molar-refractivity contribution in [3.8, 4) is 33.6 Å². The number of nitrogens with zero attached hydrogens (tertiary/aromatic N) is 2. The highest BCUT2D eigenvalue weighted by Gasteiger charge is 2.14. The molecule has 3 N–H and O–H groups in total. The number of nitrogens with one attached hydrogen (secondary N) is 3. The Morgan fingerprint density at radius 1 is 0.879 bits per heavy atom. The van der Waals surface area contributed by atoms with Crippen LogP contribution in [0.5, 0.6) is 0 Å². The molecule has 0 aliphatic carbocycles. The first-order valence-corrected chi connectivity index (χ1v) is 11.9. The largest absolute Gasteiger partial charge is 0.382 e. The molecule has 0 aliphatic heterocycles. The van der Waals surface area contributed by atoms with Crippen molar-refractivity contribution in [2.24, 2.45) is 0 Å². The van der Waals surface area contributed by atoms with Gasteiger partial charge < -0.3 is 10.3 Å². The van der Waals surface area contributed by atoms with Gasteiger partial charge in [-0.15, -0.1) is 0 Å². The summed E-state index contributed by atoms with van der Waals surface area (Å²) in [7, 11) is 0. The summed E-state index contributed by atoms with van der Waals surface area (Å²) in [5.74, 6) is 0. The normalized spacial score (nSPS) is 11.6. The van der Waals surface area contributed by atoms with Crippen LogP contribution in [0, 0.1) is 0 Å². The topological polar surface area (TPSA) is 69.4 Å².